The molecule has 2 aliphatic heterocycles. The van der Waals surface area contributed by atoms with Crippen LogP contribution in [0.3, 0.4) is 0 Å². The molecular formula is C21H32Br2N6O2. The summed E-state index contributed by atoms with van der Waals surface area (Å²) >= 11 is 6.80. The van der Waals surface area contributed by atoms with E-state index in [1.807, 2.05) is 37.8 Å². The number of carbonyl (C=O) groups excluding carboxylic acids is 1. The van der Waals surface area contributed by atoms with Gasteiger partial charge in [0.2, 0.25) is 0 Å². The Kier molecular flexibility index (Phi) is 8.58. The van der Waals surface area contributed by atoms with Gasteiger partial charge in [-0.05, 0) is 91.4 Å². The number of likely N-dealkylation sites (tertiary alicyclic amines) is 1. The van der Waals surface area contributed by atoms with Crippen molar-refractivity contribution in [2.45, 2.75) is 64.1 Å². The van der Waals surface area contributed by atoms with Crippen LogP contribution in [0.15, 0.2) is 33.7 Å². The maximum atomic E-state index is 11.9. The molecule has 2 aliphatic rings. The molecule has 0 spiro atoms. The molecule has 2 aromatic rings. The monoisotopic (exact) mass is 558 g/mol. The van der Waals surface area contributed by atoms with E-state index in [-0.39, 0.29) is 6.09 Å². The van der Waals surface area contributed by atoms with Gasteiger partial charge in [-0.15, -0.1) is 0 Å². The summed E-state index contributed by atoms with van der Waals surface area (Å²) in [4.78, 5) is 13.7. The van der Waals surface area contributed by atoms with E-state index in [0.717, 1.165) is 48.0 Å². The molecule has 0 bridgehead atoms. The topological polar surface area (TPSA) is 77.2 Å². The standard InChI is InChI=1S/C13H20BrN3O2.C8H12BrN3/c1-13(2,3)19-12(18)16-6-4-11(5-7-16)17-9-10(14)8-15-17;9-7-5-11-12(6-7)8-1-3-10-4-2-8/h8-9,11H,4-7H2,1-3H3;5-6,8,10H,1-4H2. The number of piperidine rings is 2. The van der Waals surface area contributed by atoms with Crippen molar-refractivity contribution in [3.05, 3.63) is 33.7 Å². The molecule has 0 aliphatic carbocycles. The molecule has 8 nitrogen and oxygen atoms in total. The highest BCUT2D eigenvalue weighted by atomic mass is 79.9. The summed E-state index contributed by atoms with van der Waals surface area (Å²) in [5.41, 5.74) is -0.430. The van der Waals surface area contributed by atoms with E-state index < -0.39 is 5.60 Å². The number of nitrogens with zero attached hydrogens (tertiary/aromatic N) is 5. The number of hydrogen-bond donors (Lipinski definition) is 1. The van der Waals surface area contributed by atoms with Crippen molar-refractivity contribution in [2.75, 3.05) is 26.2 Å². The smallest absolute Gasteiger partial charge is 0.410 e. The first kappa shape index (κ1) is 24.3. The van der Waals surface area contributed by atoms with Crippen LogP contribution in [0.25, 0.3) is 0 Å². The summed E-state index contributed by atoms with van der Waals surface area (Å²) in [7, 11) is 0. The van der Waals surface area contributed by atoms with Crippen LogP contribution < -0.4 is 5.32 Å². The molecular weight excluding hydrogens is 528 g/mol. The summed E-state index contributed by atoms with van der Waals surface area (Å²) < 4.78 is 11.5. The van der Waals surface area contributed by atoms with E-state index in [1.54, 1.807) is 11.1 Å². The molecule has 4 heterocycles. The lowest BCUT2D eigenvalue weighted by Gasteiger charge is -2.33. The van der Waals surface area contributed by atoms with Gasteiger partial charge in [0.05, 0.1) is 33.4 Å². The van der Waals surface area contributed by atoms with Crippen LogP contribution >= 0.6 is 31.9 Å². The average Bonchev–Trinajstić information content (AvgIpc) is 3.36. The van der Waals surface area contributed by atoms with Gasteiger partial charge >= 0.3 is 6.09 Å². The Morgan fingerprint density at radius 3 is 1.87 bits per heavy atom. The van der Waals surface area contributed by atoms with Crippen molar-refractivity contribution in [1.82, 2.24) is 29.8 Å². The van der Waals surface area contributed by atoms with Gasteiger partial charge in [0.25, 0.3) is 0 Å². The fraction of sp³-hybridized carbons (Fsp3) is 0.667. The number of halogens is 2. The van der Waals surface area contributed by atoms with Gasteiger partial charge in [-0.3, -0.25) is 9.36 Å². The largest absolute Gasteiger partial charge is 0.444 e. The number of ether oxygens (including phenoxy) is 1. The van der Waals surface area contributed by atoms with Crippen molar-refractivity contribution < 1.29 is 9.53 Å². The molecule has 1 N–H and O–H groups in total. The number of nitrogens with one attached hydrogen (secondary N) is 1. The van der Waals surface area contributed by atoms with Crippen molar-refractivity contribution in [3.63, 3.8) is 0 Å². The lowest BCUT2D eigenvalue weighted by Crippen LogP contribution is -2.42. The summed E-state index contributed by atoms with van der Waals surface area (Å²) in [6.45, 7) is 9.33. The van der Waals surface area contributed by atoms with Crippen LogP contribution in [0.5, 0.6) is 0 Å². The minimum Gasteiger partial charge on any atom is -0.444 e. The predicted molar refractivity (Wildman–Crippen MR) is 127 cm³/mol. The minimum atomic E-state index is -0.430. The highest BCUT2D eigenvalue weighted by Gasteiger charge is 2.27. The van der Waals surface area contributed by atoms with E-state index in [4.69, 9.17) is 4.74 Å². The Bertz CT molecular complexity index is 833. The molecule has 2 saturated heterocycles. The summed E-state index contributed by atoms with van der Waals surface area (Å²) in [5.74, 6) is 0. The molecule has 10 heteroatoms. The Hall–Kier alpha value is -1.39. The summed E-state index contributed by atoms with van der Waals surface area (Å²) in [5, 5.41) is 11.9. The van der Waals surface area contributed by atoms with Crippen LogP contribution in [0, 0.1) is 0 Å². The Morgan fingerprint density at radius 1 is 0.968 bits per heavy atom. The molecule has 31 heavy (non-hydrogen) atoms. The highest BCUT2D eigenvalue weighted by molar-refractivity contribution is 9.10. The zero-order chi connectivity index (χ0) is 22.4. The van der Waals surface area contributed by atoms with Crippen molar-refractivity contribution in [2.24, 2.45) is 0 Å². The molecule has 0 saturated carbocycles. The summed E-state index contributed by atoms with van der Waals surface area (Å²) in [6.07, 6.45) is 11.7. The van der Waals surface area contributed by atoms with E-state index >= 15 is 0 Å². The van der Waals surface area contributed by atoms with Crippen molar-refractivity contribution in [1.29, 1.82) is 0 Å². The van der Waals surface area contributed by atoms with Crippen LogP contribution in [0.2, 0.25) is 0 Å². The summed E-state index contributed by atoms with van der Waals surface area (Å²) in [6, 6.07) is 0.961. The second kappa shape index (κ2) is 11.0. The first-order valence-corrected chi connectivity index (χ1v) is 12.4. The van der Waals surface area contributed by atoms with Gasteiger partial charge in [-0.1, -0.05) is 0 Å². The fourth-order valence-corrected chi connectivity index (χ4v) is 4.34. The van der Waals surface area contributed by atoms with Gasteiger partial charge in [0, 0.05) is 25.5 Å². The number of amides is 1. The zero-order valence-electron chi connectivity index (χ0n) is 18.4. The SMILES string of the molecule is Brc1cnn(C2CCNCC2)c1.CC(C)(C)OC(=O)N1CCC(n2cc(Br)cn2)CC1. The van der Waals surface area contributed by atoms with Gasteiger partial charge in [-0.2, -0.15) is 10.2 Å². The molecule has 4 rings (SSSR count). The van der Waals surface area contributed by atoms with E-state index in [9.17, 15) is 4.79 Å². The van der Waals surface area contributed by atoms with Crippen LogP contribution in [0.4, 0.5) is 4.79 Å². The van der Waals surface area contributed by atoms with Gasteiger partial charge < -0.3 is 15.0 Å². The minimum absolute atomic E-state index is 0.215. The maximum Gasteiger partial charge on any atom is 0.410 e. The lowest BCUT2D eigenvalue weighted by atomic mass is 10.1. The van der Waals surface area contributed by atoms with Crippen LogP contribution in [-0.4, -0.2) is 62.3 Å². The molecule has 0 radical (unpaired) electrons. The average molecular weight is 560 g/mol. The van der Waals surface area contributed by atoms with Gasteiger partial charge in [0.15, 0.2) is 0 Å². The van der Waals surface area contributed by atoms with Gasteiger partial charge in [0.1, 0.15) is 5.60 Å². The molecule has 2 fully saturated rings. The van der Waals surface area contributed by atoms with Gasteiger partial charge in [-0.25, -0.2) is 4.79 Å². The van der Waals surface area contributed by atoms with Crippen molar-refractivity contribution in [3.8, 4) is 0 Å². The number of carbonyl (C=O) groups is 1. The number of aromatic nitrogens is 4. The predicted octanol–water partition coefficient (Wildman–Crippen LogP) is 4.79. The Balaban J connectivity index is 0.000000194. The van der Waals surface area contributed by atoms with Crippen LogP contribution in [-0.2, 0) is 4.74 Å². The molecule has 172 valence electrons. The third-order valence-electron chi connectivity index (χ3n) is 5.31. The molecule has 0 unspecified atom stereocenters. The number of hydrogen-bond acceptors (Lipinski definition) is 5. The van der Waals surface area contributed by atoms with Crippen molar-refractivity contribution >= 4 is 38.0 Å². The molecule has 2 aromatic heterocycles. The maximum absolute atomic E-state index is 11.9. The molecule has 0 atom stereocenters. The first-order valence-electron chi connectivity index (χ1n) is 10.8. The highest BCUT2D eigenvalue weighted by Crippen LogP contribution is 2.24. The first-order chi connectivity index (χ1) is 14.7. The second-order valence-electron chi connectivity index (χ2n) is 8.96. The zero-order valence-corrected chi connectivity index (χ0v) is 21.6. The third-order valence-corrected chi connectivity index (χ3v) is 6.13. The normalized spacial score (nSPS) is 18.4. The quantitative estimate of drug-likeness (QED) is 0.572. The second-order valence-corrected chi connectivity index (χ2v) is 10.8. The number of rotatable bonds is 2. The van der Waals surface area contributed by atoms with E-state index in [0.29, 0.717) is 12.1 Å². The van der Waals surface area contributed by atoms with Crippen LogP contribution in [0.1, 0.15) is 58.5 Å². The Labute approximate surface area is 200 Å². The van der Waals surface area contributed by atoms with E-state index in [2.05, 4.69) is 58.3 Å². The molecule has 0 aromatic carbocycles. The Morgan fingerprint density at radius 2 is 1.45 bits per heavy atom. The lowest BCUT2D eigenvalue weighted by molar-refractivity contribution is 0.0185. The fourth-order valence-electron chi connectivity index (χ4n) is 3.74. The van der Waals surface area contributed by atoms with E-state index in [1.165, 1.54) is 12.8 Å². The molecule has 1 amide bonds. The third kappa shape index (κ3) is 7.61.